The van der Waals surface area contributed by atoms with Crippen molar-refractivity contribution >= 4 is 22.6 Å². The van der Waals surface area contributed by atoms with Gasteiger partial charge in [0.25, 0.3) is 0 Å². The first kappa shape index (κ1) is 13.0. The molecule has 0 bridgehead atoms. The molecule has 0 aliphatic rings. The van der Waals surface area contributed by atoms with Crippen LogP contribution in [0.2, 0.25) is 0 Å². The Labute approximate surface area is 129 Å². The fraction of sp³-hybridized carbons (Fsp3) is 0.0714. The van der Waals surface area contributed by atoms with Gasteiger partial charge < -0.3 is 4.74 Å². The van der Waals surface area contributed by atoms with E-state index in [4.69, 9.17) is 4.74 Å². The summed E-state index contributed by atoms with van der Waals surface area (Å²) in [6.07, 6.45) is 0. The number of ether oxygens (including phenoxy) is 1. The molecule has 0 saturated heterocycles. The van der Waals surface area contributed by atoms with E-state index < -0.39 is 0 Å². The molecule has 6 heteroatoms. The largest absolute Gasteiger partial charge is 0.488 e. The molecule has 1 aromatic heterocycles. The van der Waals surface area contributed by atoms with Crippen molar-refractivity contribution in [3.8, 4) is 17.1 Å². The molecule has 5 nitrogen and oxygen atoms in total. The monoisotopic (exact) mass is 378 g/mol. The summed E-state index contributed by atoms with van der Waals surface area (Å²) in [7, 11) is 0. The molecule has 0 saturated carbocycles. The zero-order chi connectivity index (χ0) is 13.8. The molecule has 0 aliphatic carbocycles. The maximum absolute atomic E-state index is 5.82. The number of aromatic nitrogens is 4. The van der Waals surface area contributed by atoms with E-state index in [9.17, 15) is 0 Å². The van der Waals surface area contributed by atoms with Crippen LogP contribution in [0.25, 0.3) is 11.4 Å². The lowest BCUT2D eigenvalue weighted by atomic mass is 10.2. The molecule has 0 amide bonds. The quantitative estimate of drug-likeness (QED) is 0.709. The Bertz CT molecular complexity index is 686. The highest BCUT2D eigenvalue weighted by molar-refractivity contribution is 14.1. The van der Waals surface area contributed by atoms with Crippen LogP contribution < -0.4 is 4.74 Å². The fourth-order valence-electron chi connectivity index (χ4n) is 1.78. The predicted octanol–water partition coefficient (Wildman–Crippen LogP) is 3.05. The number of rotatable bonds is 4. The van der Waals surface area contributed by atoms with Gasteiger partial charge in [0.15, 0.2) is 0 Å². The smallest absolute Gasteiger partial charge is 0.204 e. The molecule has 100 valence electrons. The molecule has 3 aromatic rings. The van der Waals surface area contributed by atoms with E-state index in [0.717, 1.165) is 20.4 Å². The predicted molar refractivity (Wildman–Crippen MR) is 83.1 cm³/mol. The second-order valence-electron chi connectivity index (χ2n) is 4.15. The number of nitrogens with zero attached hydrogens (tertiary/aromatic N) is 3. The fourth-order valence-corrected chi connectivity index (χ4v) is 2.45. The molecule has 0 fully saturated rings. The first-order valence-electron chi connectivity index (χ1n) is 6.03. The minimum atomic E-state index is 0.554. The van der Waals surface area contributed by atoms with Gasteiger partial charge in [-0.15, -0.1) is 10.2 Å². The molecule has 0 atom stereocenters. The lowest BCUT2D eigenvalue weighted by Crippen LogP contribution is -1.97. The molecular weight excluding hydrogens is 367 g/mol. The Morgan fingerprint density at radius 2 is 1.95 bits per heavy atom. The number of benzene rings is 2. The van der Waals surface area contributed by atoms with E-state index in [1.165, 1.54) is 0 Å². The third kappa shape index (κ3) is 2.96. The first-order valence-corrected chi connectivity index (χ1v) is 7.11. The average Bonchev–Trinajstić information content (AvgIpc) is 3.01. The number of hydrogen-bond donors (Lipinski definition) is 1. The number of nitrogens with one attached hydrogen (secondary N) is 1. The lowest BCUT2D eigenvalue weighted by molar-refractivity contribution is 0.304. The first-order chi connectivity index (χ1) is 9.83. The van der Waals surface area contributed by atoms with Gasteiger partial charge in [-0.3, -0.25) is 0 Å². The molecule has 0 aliphatic heterocycles. The zero-order valence-corrected chi connectivity index (χ0v) is 12.6. The van der Waals surface area contributed by atoms with Gasteiger partial charge in [0, 0.05) is 5.56 Å². The Hall–Kier alpha value is -1.96. The molecule has 3 rings (SSSR count). The van der Waals surface area contributed by atoms with Crippen LogP contribution in [0.15, 0.2) is 48.5 Å². The number of tetrazole rings is 1. The Balaban J connectivity index is 1.75. The second-order valence-corrected chi connectivity index (χ2v) is 5.32. The number of halogens is 1. The molecule has 1 heterocycles. The second kappa shape index (κ2) is 6.00. The van der Waals surface area contributed by atoms with E-state index in [2.05, 4.69) is 43.2 Å². The normalized spacial score (nSPS) is 10.4. The van der Waals surface area contributed by atoms with Gasteiger partial charge in [-0.2, -0.15) is 5.21 Å². The minimum absolute atomic E-state index is 0.554. The van der Waals surface area contributed by atoms with E-state index in [-0.39, 0.29) is 0 Å². The molecule has 2 aromatic carbocycles. The van der Waals surface area contributed by atoms with Crippen molar-refractivity contribution in [3.63, 3.8) is 0 Å². The van der Waals surface area contributed by atoms with Gasteiger partial charge in [-0.1, -0.05) is 30.3 Å². The number of aromatic amines is 1. The Kier molecular flexibility index (Phi) is 3.91. The summed E-state index contributed by atoms with van der Waals surface area (Å²) in [4.78, 5) is 0. The van der Waals surface area contributed by atoms with Crippen molar-refractivity contribution < 1.29 is 4.74 Å². The third-order valence-corrected chi connectivity index (χ3v) is 3.62. The van der Waals surface area contributed by atoms with Crippen LogP contribution in [0, 0.1) is 3.57 Å². The van der Waals surface area contributed by atoms with Crippen molar-refractivity contribution in [1.82, 2.24) is 20.6 Å². The Morgan fingerprint density at radius 1 is 1.10 bits per heavy atom. The van der Waals surface area contributed by atoms with Crippen LogP contribution in [-0.4, -0.2) is 20.6 Å². The van der Waals surface area contributed by atoms with E-state index in [1.807, 2.05) is 48.5 Å². The highest BCUT2D eigenvalue weighted by Gasteiger charge is 2.07. The SMILES string of the molecule is Ic1cc(-c2nn[nH]n2)ccc1OCc1ccccc1. The average molecular weight is 378 g/mol. The van der Waals surface area contributed by atoms with Gasteiger partial charge >= 0.3 is 0 Å². The van der Waals surface area contributed by atoms with Crippen LogP contribution in [0.5, 0.6) is 5.75 Å². The minimum Gasteiger partial charge on any atom is -0.488 e. The van der Waals surface area contributed by atoms with Gasteiger partial charge in [0.2, 0.25) is 5.82 Å². The Morgan fingerprint density at radius 3 is 2.65 bits per heavy atom. The molecule has 20 heavy (non-hydrogen) atoms. The van der Waals surface area contributed by atoms with Crippen LogP contribution in [0.3, 0.4) is 0 Å². The maximum atomic E-state index is 5.82. The lowest BCUT2D eigenvalue weighted by Gasteiger charge is -2.09. The maximum Gasteiger partial charge on any atom is 0.204 e. The standard InChI is InChI=1S/C14H11IN4O/c15-12-8-11(14-16-18-19-17-14)6-7-13(12)20-9-10-4-2-1-3-5-10/h1-8H,9H2,(H,16,17,18,19). The van der Waals surface area contributed by atoms with Crippen LogP contribution in [-0.2, 0) is 6.61 Å². The van der Waals surface area contributed by atoms with Gasteiger partial charge in [-0.25, -0.2) is 0 Å². The van der Waals surface area contributed by atoms with Crippen molar-refractivity contribution in [3.05, 3.63) is 57.7 Å². The summed E-state index contributed by atoms with van der Waals surface area (Å²) in [6, 6.07) is 15.9. The van der Waals surface area contributed by atoms with Crippen LogP contribution >= 0.6 is 22.6 Å². The van der Waals surface area contributed by atoms with Gasteiger partial charge in [0.05, 0.1) is 3.57 Å². The van der Waals surface area contributed by atoms with Crippen molar-refractivity contribution in [1.29, 1.82) is 0 Å². The van der Waals surface area contributed by atoms with Gasteiger partial charge in [0.1, 0.15) is 12.4 Å². The molecule has 0 unspecified atom stereocenters. The van der Waals surface area contributed by atoms with Crippen LogP contribution in [0.4, 0.5) is 0 Å². The summed E-state index contributed by atoms with van der Waals surface area (Å²) >= 11 is 2.24. The third-order valence-electron chi connectivity index (χ3n) is 2.77. The topological polar surface area (TPSA) is 63.7 Å². The summed E-state index contributed by atoms with van der Waals surface area (Å²) in [5, 5.41) is 13.9. The van der Waals surface area contributed by atoms with Crippen LogP contribution in [0.1, 0.15) is 5.56 Å². The molecular formula is C14H11IN4O. The van der Waals surface area contributed by atoms with Crippen molar-refractivity contribution in [2.75, 3.05) is 0 Å². The highest BCUT2D eigenvalue weighted by atomic mass is 127. The molecule has 0 radical (unpaired) electrons. The van der Waals surface area contributed by atoms with Crippen molar-refractivity contribution in [2.45, 2.75) is 6.61 Å². The van der Waals surface area contributed by atoms with E-state index in [0.29, 0.717) is 12.4 Å². The number of H-pyrrole nitrogens is 1. The van der Waals surface area contributed by atoms with E-state index in [1.54, 1.807) is 0 Å². The molecule has 0 spiro atoms. The summed E-state index contributed by atoms with van der Waals surface area (Å²) in [5.74, 6) is 1.43. The molecule has 1 N–H and O–H groups in total. The summed E-state index contributed by atoms with van der Waals surface area (Å²) < 4.78 is 6.84. The summed E-state index contributed by atoms with van der Waals surface area (Å²) in [5.41, 5.74) is 2.06. The number of hydrogen-bond acceptors (Lipinski definition) is 4. The highest BCUT2D eigenvalue weighted by Crippen LogP contribution is 2.26. The van der Waals surface area contributed by atoms with E-state index >= 15 is 0 Å². The summed E-state index contributed by atoms with van der Waals surface area (Å²) in [6.45, 7) is 0.554. The van der Waals surface area contributed by atoms with Crippen molar-refractivity contribution in [2.24, 2.45) is 0 Å². The zero-order valence-electron chi connectivity index (χ0n) is 10.5. The van der Waals surface area contributed by atoms with Gasteiger partial charge in [-0.05, 0) is 51.6 Å².